The molecule has 4 heteroatoms. The molecule has 1 aromatic heterocycles. The average Bonchev–Trinajstić information content (AvgIpc) is 1.89. The van der Waals surface area contributed by atoms with Gasteiger partial charge >= 0.3 is 0 Å². The van der Waals surface area contributed by atoms with Crippen LogP contribution in [0.5, 0.6) is 0 Å². The van der Waals surface area contributed by atoms with Crippen LogP contribution in [0.3, 0.4) is 0 Å². The molecule has 0 aliphatic heterocycles. The minimum atomic E-state index is 0.167. The predicted molar refractivity (Wildman–Crippen MR) is 30.7 cm³/mol. The lowest BCUT2D eigenvalue weighted by Gasteiger charge is -1.89. The van der Waals surface area contributed by atoms with Crippen LogP contribution in [-0.4, -0.2) is 16.3 Å². The van der Waals surface area contributed by atoms with Crippen molar-refractivity contribution in [3.8, 4) is 0 Å². The number of nitrogen functional groups attached to an aromatic ring is 1. The van der Waals surface area contributed by atoms with Crippen LogP contribution in [0.1, 0.15) is 10.4 Å². The molecule has 0 atom stereocenters. The van der Waals surface area contributed by atoms with E-state index in [1.807, 2.05) is 0 Å². The zero-order valence-corrected chi connectivity index (χ0v) is 4.53. The molecule has 0 unspecified atom stereocenters. The number of rotatable bonds is 1. The Balaban J connectivity index is 3.15. The van der Waals surface area contributed by atoms with E-state index in [9.17, 15) is 4.79 Å². The number of hydrogen-bond donors (Lipinski definition) is 1. The molecule has 0 aromatic carbocycles. The molecule has 1 rings (SSSR count). The molecule has 9 heavy (non-hydrogen) atoms. The molecule has 0 amide bonds. The SMILES string of the molecule is Nc1ncn[c]c1C=O. The molecule has 0 aliphatic rings. The average molecular weight is 122 g/mol. The maximum Gasteiger partial charge on any atom is 0.156 e. The van der Waals surface area contributed by atoms with Gasteiger partial charge in [0.2, 0.25) is 0 Å². The molecule has 4 nitrogen and oxygen atoms in total. The highest BCUT2D eigenvalue weighted by molar-refractivity contribution is 5.80. The van der Waals surface area contributed by atoms with Gasteiger partial charge < -0.3 is 5.73 Å². The number of aldehydes is 1. The second-order valence-electron chi connectivity index (χ2n) is 1.40. The highest BCUT2D eigenvalue weighted by Gasteiger charge is 1.94. The molecule has 1 radical (unpaired) electrons. The van der Waals surface area contributed by atoms with Gasteiger partial charge in [0.1, 0.15) is 18.3 Å². The molecule has 0 saturated heterocycles. The van der Waals surface area contributed by atoms with E-state index in [4.69, 9.17) is 5.73 Å². The molecule has 45 valence electrons. The third kappa shape index (κ3) is 1.02. The predicted octanol–water partition coefficient (Wildman–Crippen LogP) is -0.329. The third-order valence-corrected chi connectivity index (χ3v) is 0.833. The fourth-order valence-electron chi connectivity index (χ4n) is 0.403. The van der Waals surface area contributed by atoms with E-state index in [2.05, 4.69) is 16.2 Å². The molecule has 1 heterocycles. The molecule has 0 bridgehead atoms. The second-order valence-corrected chi connectivity index (χ2v) is 1.40. The molecule has 2 N–H and O–H groups in total. The number of carbonyl (C=O) groups excluding carboxylic acids is 1. The molecular weight excluding hydrogens is 118 g/mol. The molecule has 0 spiro atoms. The van der Waals surface area contributed by atoms with Crippen LogP contribution in [0.25, 0.3) is 0 Å². The standard InChI is InChI=1S/C5H4N3O/c6-5-4(2-9)1-7-3-8-5/h2-3H,(H2,6,7,8). The molecule has 0 aliphatic carbocycles. The van der Waals surface area contributed by atoms with Crippen LogP contribution >= 0.6 is 0 Å². The Morgan fingerprint density at radius 1 is 1.78 bits per heavy atom. The van der Waals surface area contributed by atoms with Crippen LogP contribution in [0.15, 0.2) is 6.33 Å². The fraction of sp³-hybridized carbons (Fsp3) is 0. The Labute approximate surface area is 51.7 Å². The Hall–Kier alpha value is -1.45. The summed E-state index contributed by atoms with van der Waals surface area (Å²) < 4.78 is 0. The van der Waals surface area contributed by atoms with Crippen molar-refractivity contribution in [2.75, 3.05) is 5.73 Å². The first-order valence-corrected chi connectivity index (χ1v) is 2.28. The molecule has 0 saturated carbocycles. The second kappa shape index (κ2) is 2.21. The first-order valence-electron chi connectivity index (χ1n) is 2.28. The molecule has 0 fully saturated rings. The maximum absolute atomic E-state index is 10.0. The number of anilines is 1. The quantitative estimate of drug-likeness (QED) is 0.518. The summed E-state index contributed by atoms with van der Waals surface area (Å²) >= 11 is 0. The van der Waals surface area contributed by atoms with Crippen molar-refractivity contribution in [3.63, 3.8) is 0 Å². The van der Waals surface area contributed by atoms with Gasteiger partial charge in [-0.05, 0) is 0 Å². The lowest BCUT2D eigenvalue weighted by Crippen LogP contribution is -1.96. The van der Waals surface area contributed by atoms with Gasteiger partial charge in [0, 0.05) is 0 Å². The summed E-state index contributed by atoms with van der Waals surface area (Å²) in [6, 6.07) is 0. The van der Waals surface area contributed by atoms with Gasteiger partial charge in [-0.2, -0.15) is 0 Å². The van der Waals surface area contributed by atoms with Crippen molar-refractivity contribution in [2.24, 2.45) is 0 Å². The summed E-state index contributed by atoms with van der Waals surface area (Å²) in [5, 5.41) is 0. The van der Waals surface area contributed by atoms with E-state index in [0.717, 1.165) is 0 Å². The van der Waals surface area contributed by atoms with Gasteiger partial charge in [-0.25, -0.2) is 9.97 Å². The summed E-state index contributed by atoms with van der Waals surface area (Å²) in [4.78, 5) is 17.1. The van der Waals surface area contributed by atoms with E-state index in [1.54, 1.807) is 0 Å². The number of carbonyl (C=O) groups is 1. The van der Waals surface area contributed by atoms with Crippen molar-refractivity contribution in [1.29, 1.82) is 0 Å². The lowest BCUT2D eigenvalue weighted by atomic mass is 10.3. The minimum absolute atomic E-state index is 0.167. The van der Waals surface area contributed by atoms with Gasteiger partial charge in [0.05, 0.1) is 5.56 Å². The first-order chi connectivity index (χ1) is 4.34. The lowest BCUT2D eigenvalue weighted by molar-refractivity contribution is 0.112. The van der Waals surface area contributed by atoms with Crippen LogP contribution < -0.4 is 5.73 Å². The van der Waals surface area contributed by atoms with Crippen molar-refractivity contribution < 1.29 is 4.79 Å². The summed E-state index contributed by atoms with van der Waals surface area (Å²) in [6.45, 7) is 0. The van der Waals surface area contributed by atoms with E-state index < -0.39 is 0 Å². The highest BCUT2D eigenvalue weighted by atomic mass is 16.1. The van der Waals surface area contributed by atoms with E-state index in [-0.39, 0.29) is 11.4 Å². The van der Waals surface area contributed by atoms with E-state index in [1.165, 1.54) is 6.33 Å². The largest absolute Gasteiger partial charge is 0.383 e. The minimum Gasteiger partial charge on any atom is -0.383 e. The monoisotopic (exact) mass is 122 g/mol. The van der Waals surface area contributed by atoms with Crippen LogP contribution in [0, 0.1) is 6.20 Å². The normalized spacial score (nSPS) is 8.89. The highest BCUT2D eigenvalue weighted by Crippen LogP contribution is 1.98. The van der Waals surface area contributed by atoms with E-state index >= 15 is 0 Å². The van der Waals surface area contributed by atoms with E-state index in [0.29, 0.717) is 6.29 Å². The third-order valence-electron chi connectivity index (χ3n) is 0.833. The first kappa shape index (κ1) is 5.68. The summed E-state index contributed by atoms with van der Waals surface area (Å²) in [5.41, 5.74) is 5.42. The number of nitrogens with zero attached hydrogens (tertiary/aromatic N) is 2. The van der Waals surface area contributed by atoms with Crippen LogP contribution in [-0.2, 0) is 0 Å². The summed E-state index contributed by atoms with van der Waals surface area (Å²) in [7, 11) is 0. The number of hydrogen-bond acceptors (Lipinski definition) is 4. The van der Waals surface area contributed by atoms with Gasteiger partial charge in [-0.3, -0.25) is 4.79 Å². The van der Waals surface area contributed by atoms with Gasteiger partial charge in [-0.1, -0.05) is 0 Å². The smallest absolute Gasteiger partial charge is 0.156 e. The van der Waals surface area contributed by atoms with Crippen molar-refractivity contribution in [1.82, 2.24) is 9.97 Å². The van der Waals surface area contributed by atoms with Gasteiger partial charge in [-0.15, -0.1) is 0 Å². The topological polar surface area (TPSA) is 68.9 Å². The number of aromatic nitrogens is 2. The Morgan fingerprint density at radius 3 is 3.00 bits per heavy atom. The Kier molecular flexibility index (Phi) is 1.40. The molecule has 1 aromatic rings. The van der Waals surface area contributed by atoms with Gasteiger partial charge in [0.15, 0.2) is 6.29 Å². The number of nitrogens with two attached hydrogens (primary N) is 1. The Bertz CT molecular complexity index is 223. The van der Waals surface area contributed by atoms with Crippen LogP contribution in [0.2, 0.25) is 0 Å². The zero-order valence-electron chi connectivity index (χ0n) is 4.53. The van der Waals surface area contributed by atoms with Crippen LogP contribution in [0.4, 0.5) is 5.82 Å². The van der Waals surface area contributed by atoms with Crippen molar-refractivity contribution in [3.05, 3.63) is 18.1 Å². The van der Waals surface area contributed by atoms with Gasteiger partial charge in [0.25, 0.3) is 0 Å². The molecular formula is C5H4N3O. The Morgan fingerprint density at radius 2 is 2.56 bits per heavy atom. The fourth-order valence-corrected chi connectivity index (χ4v) is 0.403. The van der Waals surface area contributed by atoms with Crippen molar-refractivity contribution >= 4 is 12.1 Å². The summed E-state index contributed by atoms with van der Waals surface area (Å²) in [5.74, 6) is 0.167. The zero-order chi connectivity index (χ0) is 6.69. The summed E-state index contributed by atoms with van der Waals surface area (Å²) in [6.07, 6.45) is 4.18. The maximum atomic E-state index is 10.0. The van der Waals surface area contributed by atoms with Crippen molar-refractivity contribution in [2.45, 2.75) is 0 Å².